The van der Waals surface area contributed by atoms with Crippen LogP contribution in [0.5, 0.6) is 5.75 Å². The summed E-state index contributed by atoms with van der Waals surface area (Å²) in [5.74, 6) is 3.37. The Labute approximate surface area is 169 Å². The van der Waals surface area contributed by atoms with Gasteiger partial charge >= 0.3 is 0 Å². The van der Waals surface area contributed by atoms with Gasteiger partial charge in [0.1, 0.15) is 5.75 Å². The average molecular weight is 371 g/mol. The third kappa shape index (κ3) is 4.50. The molecule has 152 valence electrons. The van der Waals surface area contributed by atoms with E-state index in [0.29, 0.717) is 5.41 Å². The highest BCUT2D eigenvalue weighted by Gasteiger charge is 2.49. The molecular weight excluding hydrogens is 328 g/mol. The van der Waals surface area contributed by atoms with E-state index in [1.807, 2.05) is 0 Å². The van der Waals surface area contributed by atoms with Crippen LogP contribution in [0.3, 0.4) is 0 Å². The Balaban J connectivity index is 0.00000140. The lowest BCUT2D eigenvalue weighted by molar-refractivity contribution is 0.302. The molecule has 27 heavy (non-hydrogen) atoms. The van der Waals surface area contributed by atoms with Gasteiger partial charge in [-0.25, -0.2) is 0 Å². The Kier molecular flexibility index (Phi) is 6.50. The van der Waals surface area contributed by atoms with E-state index >= 15 is 0 Å². The molecule has 0 heterocycles. The molecule has 3 aliphatic rings. The van der Waals surface area contributed by atoms with Gasteiger partial charge in [0.15, 0.2) is 0 Å². The summed E-state index contributed by atoms with van der Waals surface area (Å²) < 4.78 is 5.28. The molecule has 0 aliphatic heterocycles. The van der Waals surface area contributed by atoms with Gasteiger partial charge < -0.3 is 4.74 Å². The van der Waals surface area contributed by atoms with Crippen LogP contribution in [0.2, 0.25) is 0 Å². The fourth-order valence-corrected chi connectivity index (χ4v) is 5.45. The summed E-state index contributed by atoms with van der Waals surface area (Å²) in [6, 6.07) is 8.73. The van der Waals surface area contributed by atoms with Gasteiger partial charge in [0.2, 0.25) is 0 Å². The first-order valence-electron chi connectivity index (χ1n) is 10.7. The Morgan fingerprint density at radius 1 is 0.926 bits per heavy atom. The highest BCUT2D eigenvalue weighted by atomic mass is 16.5. The third-order valence-electron chi connectivity index (χ3n) is 7.44. The lowest BCUT2D eigenvalue weighted by Crippen LogP contribution is -2.15. The van der Waals surface area contributed by atoms with Crippen molar-refractivity contribution in [3.8, 4) is 5.75 Å². The SMILES string of the molecule is C.C/C=C1/CC12CCC(/C=C/C1CCC(c3ccc(OC)cc3)CC1)CC2.[HH].[HH]. The van der Waals surface area contributed by atoms with Crippen LogP contribution in [0.25, 0.3) is 0 Å². The van der Waals surface area contributed by atoms with Gasteiger partial charge in [-0.2, -0.15) is 0 Å². The standard InChI is InChI=1S/C25H34O.CH4.2H2/c1-3-23-18-25(23)16-14-20(15-17-25)5-4-19-6-8-21(9-7-19)22-10-12-24(26-2)13-11-22;;;/h3-5,10-13,19-21H,6-9,14-18H2,1-2H3;1H4;2*1H/b5-4+,23-3-;;;. The van der Waals surface area contributed by atoms with Crippen LogP contribution in [0.4, 0.5) is 0 Å². The lowest BCUT2D eigenvalue weighted by atomic mass is 9.76. The highest BCUT2D eigenvalue weighted by molar-refractivity contribution is 5.33. The van der Waals surface area contributed by atoms with E-state index in [2.05, 4.69) is 49.4 Å². The normalized spacial score (nSPS) is 34.6. The molecule has 0 radical (unpaired) electrons. The topological polar surface area (TPSA) is 9.23 Å². The largest absolute Gasteiger partial charge is 0.497 e. The molecule has 1 aromatic carbocycles. The minimum Gasteiger partial charge on any atom is -0.497 e. The molecule has 0 aromatic heterocycles. The second-order valence-corrected chi connectivity index (χ2v) is 8.88. The number of benzene rings is 1. The van der Waals surface area contributed by atoms with E-state index < -0.39 is 0 Å². The van der Waals surface area contributed by atoms with Gasteiger partial charge in [-0.15, -0.1) is 0 Å². The fraction of sp³-hybridized carbons (Fsp3) is 0.615. The maximum atomic E-state index is 5.28. The highest BCUT2D eigenvalue weighted by Crippen LogP contribution is 2.61. The Morgan fingerprint density at radius 2 is 1.52 bits per heavy atom. The van der Waals surface area contributed by atoms with E-state index in [4.69, 9.17) is 4.74 Å². The van der Waals surface area contributed by atoms with Crippen molar-refractivity contribution in [2.24, 2.45) is 17.3 Å². The van der Waals surface area contributed by atoms with Crippen LogP contribution in [0.15, 0.2) is 48.1 Å². The zero-order chi connectivity index (χ0) is 18.0. The first kappa shape index (κ1) is 20.2. The maximum absolute atomic E-state index is 5.28. The smallest absolute Gasteiger partial charge is 0.118 e. The molecule has 0 atom stereocenters. The fourth-order valence-electron chi connectivity index (χ4n) is 5.45. The number of rotatable bonds is 4. The third-order valence-corrected chi connectivity index (χ3v) is 7.44. The molecule has 1 heteroatoms. The van der Waals surface area contributed by atoms with Crippen molar-refractivity contribution in [2.45, 2.75) is 78.1 Å². The van der Waals surface area contributed by atoms with Crippen LogP contribution in [0, 0.1) is 17.3 Å². The molecule has 0 unspecified atom stereocenters. The van der Waals surface area contributed by atoms with Crippen molar-refractivity contribution in [1.29, 1.82) is 0 Å². The minimum atomic E-state index is 0. The second kappa shape index (κ2) is 8.67. The van der Waals surface area contributed by atoms with Gasteiger partial charge in [-0.05, 0) is 106 Å². The van der Waals surface area contributed by atoms with Crippen molar-refractivity contribution in [3.63, 3.8) is 0 Å². The van der Waals surface area contributed by atoms with Crippen LogP contribution >= 0.6 is 0 Å². The summed E-state index contributed by atoms with van der Waals surface area (Å²) in [7, 11) is 1.74. The number of allylic oxidation sites excluding steroid dienone is 4. The zero-order valence-electron chi connectivity index (χ0n) is 16.5. The number of hydrogen-bond donors (Lipinski definition) is 0. The second-order valence-electron chi connectivity index (χ2n) is 8.88. The zero-order valence-corrected chi connectivity index (χ0v) is 16.5. The molecule has 0 amide bonds. The molecule has 1 spiro atoms. The van der Waals surface area contributed by atoms with Crippen molar-refractivity contribution in [1.82, 2.24) is 0 Å². The summed E-state index contributed by atoms with van der Waals surface area (Å²) in [6.45, 7) is 2.22. The van der Waals surface area contributed by atoms with E-state index in [9.17, 15) is 0 Å². The van der Waals surface area contributed by atoms with Gasteiger partial charge in [-0.3, -0.25) is 0 Å². The van der Waals surface area contributed by atoms with Crippen molar-refractivity contribution in [2.75, 3.05) is 7.11 Å². The predicted molar refractivity (Wildman–Crippen MR) is 121 cm³/mol. The van der Waals surface area contributed by atoms with E-state index in [-0.39, 0.29) is 10.3 Å². The predicted octanol–water partition coefficient (Wildman–Crippen LogP) is 8.18. The molecule has 0 N–H and O–H groups in total. The summed E-state index contributed by atoms with van der Waals surface area (Å²) in [6.07, 6.45) is 20.0. The molecule has 4 rings (SSSR count). The molecule has 1 aromatic rings. The number of methoxy groups -OCH3 is 1. The summed E-state index contributed by atoms with van der Waals surface area (Å²) in [4.78, 5) is 0. The van der Waals surface area contributed by atoms with Crippen LogP contribution in [-0.2, 0) is 0 Å². The quantitative estimate of drug-likeness (QED) is 0.485. The van der Waals surface area contributed by atoms with Crippen LogP contribution in [-0.4, -0.2) is 7.11 Å². The first-order valence-corrected chi connectivity index (χ1v) is 10.7. The summed E-state index contributed by atoms with van der Waals surface area (Å²) >= 11 is 0. The van der Waals surface area contributed by atoms with E-state index in [1.165, 1.54) is 63.4 Å². The van der Waals surface area contributed by atoms with Crippen molar-refractivity contribution < 1.29 is 7.59 Å². The number of ether oxygens (including phenoxy) is 1. The first-order chi connectivity index (χ1) is 12.7. The molecule has 1 nitrogen and oxygen atoms in total. The van der Waals surface area contributed by atoms with Crippen molar-refractivity contribution in [3.05, 3.63) is 53.6 Å². The molecule has 3 fully saturated rings. The van der Waals surface area contributed by atoms with Crippen LogP contribution < -0.4 is 4.74 Å². The Bertz CT molecular complexity index is 660. The Morgan fingerprint density at radius 3 is 2.04 bits per heavy atom. The van der Waals surface area contributed by atoms with E-state index in [1.54, 1.807) is 12.7 Å². The van der Waals surface area contributed by atoms with Gasteiger partial charge in [0.05, 0.1) is 7.11 Å². The summed E-state index contributed by atoms with van der Waals surface area (Å²) in [5, 5.41) is 0. The minimum absolute atomic E-state index is 0. The van der Waals surface area contributed by atoms with Gasteiger partial charge in [0.25, 0.3) is 0 Å². The number of hydrogen-bond acceptors (Lipinski definition) is 1. The molecule has 3 saturated carbocycles. The lowest BCUT2D eigenvalue weighted by Gasteiger charge is -2.29. The molecule has 0 bridgehead atoms. The molecule has 3 aliphatic carbocycles. The Hall–Kier alpha value is -1.50. The van der Waals surface area contributed by atoms with Gasteiger partial charge in [0, 0.05) is 2.85 Å². The van der Waals surface area contributed by atoms with Crippen LogP contribution in [0.1, 0.15) is 86.5 Å². The maximum Gasteiger partial charge on any atom is 0.118 e. The summed E-state index contributed by atoms with van der Waals surface area (Å²) in [5.41, 5.74) is 3.90. The molecular formula is C26H42O. The van der Waals surface area contributed by atoms with Gasteiger partial charge in [-0.1, -0.05) is 43.4 Å². The molecule has 0 saturated heterocycles. The van der Waals surface area contributed by atoms with Crippen molar-refractivity contribution >= 4 is 0 Å². The monoisotopic (exact) mass is 370 g/mol. The van der Waals surface area contributed by atoms with E-state index in [0.717, 1.165) is 23.5 Å². The average Bonchev–Trinajstić information content (AvgIpc) is 3.40.